The molecule has 0 radical (unpaired) electrons. The van der Waals surface area contributed by atoms with Crippen molar-refractivity contribution in [3.63, 3.8) is 0 Å². The molecule has 0 aliphatic carbocycles. The minimum atomic E-state index is 0.0231. The summed E-state index contributed by atoms with van der Waals surface area (Å²) < 4.78 is 5.07. The Labute approximate surface area is 76.7 Å². The molecule has 0 aliphatic heterocycles. The Kier molecular flexibility index (Phi) is 3.62. The molecule has 0 saturated heterocycles. The van der Waals surface area contributed by atoms with Crippen molar-refractivity contribution in [1.82, 2.24) is 4.98 Å². The van der Waals surface area contributed by atoms with Crippen molar-refractivity contribution in [3.05, 3.63) is 17.8 Å². The average Bonchev–Trinajstić information content (AvgIpc) is 2.47. The summed E-state index contributed by atoms with van der Waals surface area (Å²) >= 11 is 1.79. The molecule has 0 bridgehead atoms. The van der Waals surface area contributed by atoms with Crippen LogP contribution in [0.25, 0.3) is 0 Å². The second kappa shape index (κ2) is 4.52. The zero-order valence-electron chi connectivity index (χ0n) is 7.41. The summed E-state index contributed by atoms with van der Waals surface area (Å²) in [6, 6.07) is 0.0231. The van der Waals surface area contributed by atoms with Gasteiger partial charge in [-0.15, -0.1) is 0 Å². The molecule has 2 N–H and O–H groups in total. The number of nitrogens with two attached hydrogens (primary N) is 1. The van der Waals surface area contributed by atoms with Crippen LogP contribution in [-0.4, -0.2) is 17.0 Å². The van der Waals surface area contributed by atoms with E-state index in [1.165, 1.54) is 0 Å². The first-order chi connectivity index (χ1) is 5.74. The summed E-state index contributed by atoms with van der Waals surface area (Å²) in [4.78, 5) is 4.16. The molecule has 0 unspecified atom stereocenters. The molecule has 0 saturated carbocycles. The Hall–Kier alpha value is -0.480. The van der Waals surface area contributed by atoms with Crippen molar-refractivity contribution in [2.75, 3.05) is 12.0 Å². The minimum absolute atomic E-state index is 0.0231. The van der Waals surface area contributed by atoms with Crippen LogP contribution in [0.2, 0.25) is 0 Å². The summed E-state index contributed by atoms with van der Waals surface area (Å²) in [5, 5.41) is 0. The van der Waals surface area contributed by atoms with Crippen LogP contribution in [0.5, 0.6) is 0 Å². The molecule has 1 aromatic heterocycles. The van der Waals surface area contributed by atoms with E-state index >= 15 is 0 Å². The fraction of sp³-hybridized carbons (Fsp3) is 0.625. The monoisotopic (exact) mass is 186 g/mol. The molecule has 12 heavy (non-hydrogen) atoms. The molecule has 0 aliphatic rings. The number of hydrogen-bond acceptors (Lipinski definition) is 4. The van der Waals surface area contributed by atoms with Gasteiger partial charge in [0.15, 0.2) is 5.89 Å². The van der Waals surface area contributed by atoms with Gasteiger partial charge in [0.2, 0.25) is 0 Å². The van der Waals surface area contributed by atoms with Gasteiger partial charge in [-0.05, 0) is 18.4 Å². The van der Waals surface area contributed by atoms with E-state index in [9.17, 15) is 0 Å². The van der Waals surface area contributed by atoms with E-state index in [4.69, 9.17) is 10.2 Å². The Morgan fingerprint density at radius 3 is 3.00 bits per heavy atom. The smallest absolute Gasteiger partial charge is 0.191 e. The highest BCUT2D eigenvalue weighted by Gasteiger charge is 2.09. The summed E-state index contributed by atoms with van der Waals surface area (Å²) in [6.45, 7) is 1.82. The maximum atomic E-state index is 5.86. The van der Waals surface area contributed by atoms with Crippen molar-refractivity contribution in [2.45, 2.75) is 19.4 Å². The molecular formula is C8H14N2OS. The SMILES string of the molecule is CSCC[C@H](N)c1coc(C)n1. The molecule has 1 atom stereocenters. The summed E-state index contributed by atoms with van der Waals surface area (Å²) in [7, 11) is 0. The largest absolute Gasteiger partial charge is 0.449 e. The third-order valence-electron chi connectivity index (χ3n) is 1.65. The second-order valence-electron chi connectivity index (χ2n) is 2.68. The van der Waals surface area contributed by atoms with E-state index in [-0.39, 0.29) is 6.04 Å². The van der Waals surface area contributed by atoms with Crippen LogP contribution in [0.15, 0.2) is 10.7 Å². The van der Waals surface area contributed by atoms with Crippen LogP contribution in [-0.2, 0) is 0 Å². The number of thioether (sulfide) groups is 1. The van der Waals surface area contributed by atoms with Gasteiger partial charge in [0, 0.05) is 6.92 Å². The summed E-state index contributed by atoms with van der Waals surface area (Å²) in [5.74, 6) is 1.75. The Balaban J connectivity index is 2.47. The molecular weight excluding hydrogens is 172 g/mol. The van der Waals surface area contributed by atoms with Gasteiger partial charge in [-0.3, -0.25) is 0 Å². The molecule has 0 aromatic carbocycles. The zero-order chi connectivity index (χ0) is 8.97. The number of nitrogens with zero attached hydrogens (tertiary/aromatic N) is 1. The van der Waals surface area contributed by atoms with Gasteiger partial charge in [-0.1, -0.05) is 0 Å². The molecule has 1 heterocycles. The zero-order valence-corrected chi connectivity index (χ0v) is 8.23. The maximum absolute atomic E-state index is 5.86. The topological polar surface area (TPSA) is 52.0 Å². The van der Waals surface area contributed by atoms with Crippen molar-refractivity contribution in [1.29, 1.82) is 0 Å². The van der Waals surface area contributed by atoms with Gasteiger partial charge < -0.3 is 10.2 Å². The van der Waals surface area contributed by atoms with Crippen LogP contribution >= 0.6 is 11.8 Å². The van der Waals surface area contributed by atoms with E-state index in [0.29, 0.717) is 5.89 Å². The van der Waals surface area contributed by atoms with Crippen LogP contribution in [0.1, 0.15) is 24.0 Å². The van der Waals surface area contributed by atoms with Gasteiger partial charge in [0.25, 0.3) is 0 Å². The maximum Gasteiger partial charge on any atom is 0.191 e. The van der Waals surface area contributed by atoms with Crippen LogP contribution in [0.3, 0.4) is 0 Å². The van der Waals surface area contributed by atoms with Gasteiger partial charge >= 0.3 is 0 Å². The fourth-order valence-electron chi connectivity index (χ4n) is 0.943. The molecule has 0 fully saturated rings. The molecule has 0 spiro atoms. The first-order valence-corrected chi connectivity index (χ1v) is 5.30. The van der Waals surface area contributed by atoms with E-state index in [1.807, 2.05) is 6.92 Å². The predicted molar refractivity (Wildman–Crippen MR) is 51.2 cm³/mol. The quantitative estimate of drug-likeness (QED) is 0.778. The number of aromatic nitrogens is 1. The molecule has 1 aromatic rings. The van der Waals surface area contributed by atoms with Gasteiger partial charge in [-0.25, -0.2) is 4.98 Å². The minimum Gasteiger partial charge on any atom is -0.449 e. The van der Waals surface area contributed by atoms with E-state index < -0.39 is 0 Å². The summed E-state index contributed by atoms with van der Waals surface area (Å²) in [5.41, 5.74) is 6.72. The van der Waals surface area contributed by atoms with Crippen LogP contribution in [0, 0.1) is 6.92 Å². The lowest BCUT2D eigenvalue weighted by atomic mass is 10.2. The molecule has 68 valence electrons. The molecule has 0 amide bonds. The Morgan fingerprint density at radius 2 is 2.50 bits per heavy atom. The lowest BCUT2D eigenvalue weighted by Crippen LogP contribution is -2.11. The lowest BCUT2D eigenvalue weighted by molar-refractivity contribution is 0.519. The highest BCUT2D eigenvalue weighted by atomic mass is 32.2. The third-order valence-corrected chi connectivity index (χ3v) is 2.29. The Bertz CT molecular complexity index is 237. The van der Waals surface area contributed by atoms with Crippen molar-refractivity contribution in [2.24, 2.45) is 5.73 Å². The van der Waals surface area contributed by atoms with Crippen molar-refractivity contribution < 1.29 is 4.42 Å². The molecule has 3 nitrogen and oxygen atoms in total. The average molecular weight is 186 g/mol. The molecule has 1 rings (SSSR count). The number of aryl methyl sites for hydroxylation is 1. The first kappa shape index (κ1) is 9.61. The van der Waals surface area contributed by atoms with Gasteiger partial charge in [0.1, 0.15) is 6.26 Å². The highest BCUT2D eigenvalue weighted by molar-refractivity contribution is 7.98. The lowest BCUT2D eigenvalue weighted by Gasteiger charge is -2.05. The summed E-state index contributed by atoms with van der Waals surface area (Å²) in [6.07, 6.45) is 4.66. The fourth-order valence-corrected chi connectivity index (χ4v) is 1.43. The first-order valence-electron chi connectivity index (χ1n) is 3.90. The van der Waals surface area contributed by atoms with Gasteiger partial charge in [0.05, 0.1) is 11.7 Å². The van der Waals surface area contributed by atoms with E-state index in [1.54, 1.807) is 18.0 Å². The standard InChI is InChI=1S/C8H14N2OS/c1-6-10-8(5-11-6)7(9)3-4-12-2/h5,7H,3-4,9H2,1-2H3/t7-/m0/s1. The van der Waals surface area contributed by atoms with Crippen LogP contribution < -0.4 is 5.73 Å². The van der Waals surface area contributed by atoms with Crippen molar-refractivity contribution >= 4 is 11.8 Å². The van der Waals surface area contributed by atoms with Crippen molar-refractivity contribution in [3.8, 4) is 0 Å². The van der Waals surface area contributed by atoms with E-state index in [2.05, 4.69) is 11.2 Å². The molecule has 4 heteroatoms. The second-order valence-corrected chi connectivity index (χ2v) is 3.66. The highest BCUT2D eigenvalue weighted by Crippen LogP contribution is 2.14. The normalized spacial score (nSPS) is 13.2. The predicted octanol–water partition coefficient (Wildman–Crippen LogP) is 1.74. The van der Waals surface area contributed by atoms with Gasteiger partial charge in [-0.2, -0.15) is 11.8 Å². The number of hydrogen-bond donors (Lipinski definition) is 1. The third kappa shape index (κ3) is 2.53. The Morgan fingerprint density at radius 1 is 1.75 bits per heavy atom. The number of oxazole rings is 1. The van der Waals surface area contributed by atoms with Crippen LogP contribution in [0.4, 0.5) is 0 Å². The number of rotatable bonds is 4. The van der Waals surface area contributed by atoms with E-state index in [0.717, 1.165) is 17.9 Å².